The summed E-state index contributed by atoms with van der Waals surface area (Å²) in [5.74, 6) is -0.0427. The number of pyridine rings is 1. The van der Waals surface area contributed by atoms with Crippen LogP contribution in [0.1, 0.15) is 36.3 Å². The van der Waals surface area contributed by atoms with Crippen LogP contribution in [0.4, 0.5) is 0 Å². The monoisotopic (exact) mass is 392 g/mol. The van der Waals surface area contributed by atoms with Gasteiger partial charge in [0.15, 0.2) is 5.76 Å². The quantitative estimate of drug-likeness (QED) is 0.786. The van der Waals surface area contributed by atoms with Gasteiger partial charge in [-0.2, -0.15) is 4.31 Å². The largest absolute Gasteiger partial charge is 0.360 e. The minimum Gasteiger partial charge on any atom is -0.360 e. The van der Waals surface area contributed by atoms with E-state index in [0.717, 1.165) is 5.56 Å². The van der Waals surface area contributed by atoms with Crippen molar-refractivity contribution in [2.24, 2.45) is 0 Å². The highest BCUT2D eigenvalue weighted by Crippen LogP contribution is 2.25. The Morgan fingerprint density at radius 1 is 1.22 bits per heavy atom. The third kappa shape index (κ3) is 3.89. The molecule has 8 nitrogen and oxygen atoms in total. The molecule has 1 aliphatic heterocycles. The maximum absolute atomic E-state index is 13.0. The number of aromatic nitrogens is 2. The van der Waals surface area contributed by atoms with Crippen LogP contribution < -0.4 is 0 Å². The highest BCUT2D eigenvalue weighted by Gasteiger charge is 2.33. The van der Waals surface area contributed by atoms with Crippen LogP contribution in [-0.4, -0.2) is 59.8 Å². The van der Waals surface area contributed by atoms with Crippen molar-refractivity contribution in [2.45, 2.75) is 38.0 Å². The van der Waals surface area contributed by atoms with Crippen molar-refractivity contribution in [1.29, 1.82) is 0 Å². The molecule has 1 unspecified atom stereocenters. The molecule has 2 aromatic heterocycles. The summed E-state index contributed by atoms with van der Waals surface area (Å²) >= 11 is 0. The molecule has 1 atom stereocenters. The van der Waals surface area contributed by atoms with Crippen LogP contribution >= 0.6 is 0 Å². The third-order valence-corrected chi connectivity index (χ3v) is 7.03. The van der Waals surface area contributed by atoms with Crippen molar-refractivity contribution in [1.82, 2.24) is 19.3 Å². The van der Waals surface area contributed by atoms with E-state index < -0.39 is 10.0 Å². The molecule has 0 aromatic carbocycles. The molecule has 0 bridgehead atoms. The normalized spacial score (nSPS) is 17.5. The lowest BCUT2D eigenvalue weighted by atomic mass is 10.0. The van der Waals surface area contributed by atoms with Crippen LogP contribution in [0.15, 0.2) is 33.9 Å². The summed E-state index contributed by atoms with van der Waals surface area (Å²) in [7, 11) is -3.70. The predicted molar refractivity (Wildman–Crippen MR) is 98.6 cm³/mol. The Morgan fingerprint density at radius 3 is 2.63 bits per heavy atom. The second-order valence-corrected chi connectivity index (χ2v) is 8.62. The number of sulfonamides is 1. The Labute approximate surface area is 159 Å². The lowest BCUT2D eigenvalue weighted by molar-refractivity contribution is -0.132. The second kappa shape index (κ2) is 7.77. The van der Waals surface area contributed by atoms with Crippen LogP contribution in [0.3, 0.4) is 0 Å². The standard InChI is InChI=1S/C18H24N4O4S/c1-13(16-6-4-7-19-12-16)18(23)21-8-5-9-22(11-10-21)27(24,25)17-14(2)20-26-15(17)3/h4,6-7,12-13H,5,8-11H2,1-3H3. The molecular formula is C18H24N4O4S. The Kier molecular flexibility index (Phi) is 5.61. The average Bonchev–Trinajstić information content (AvgIpc) is 2.87. The van der Waals surface area contributed by atoms with Crippen LogP contribution in [0, 0.1) is 13.8 Å². The summed E-state index contributed by atoms with van der Waals surface area (Å²) < 4.78 is 32.4. The molecule has 146 valence electrons. The van der Waals surface area contributed by atoms with Crippen molar-refractivity contribution < 1.29 is 17.7 Å². The van der Waals surface area contributed by atoms with Gasteiger partial charge in [0.1, 0.15) is 10.6 Å². The first kappa shape index (κ1) is 19.5. The van der Waals surface area contributed by atoms with Crippen LogP contribution in [0.5, 0.6) is 0 Å². The number of hydrogen-bond donors (Lipinski definition) is 0. The fraction of sp³-hybridized carbons (Fsp3) is 0.500. The van der Waals surface area contributed by atoms with Crippen molar-refractivity contribution in [3.8, 4) is 0 Å². The van der Waals surface area contributed by atoms with Gasteiger partial charge in [-0.1, -0.05) is 11.2 Å². The second-order valence-electron chi connectivity index (χ2n) is 6.74. The van der Waals surface area contributed by atoms with Crippen molar-refractivity contribution >= 4 is 15.9 Å². The highest BCUT2D eigenvalue weighted by atomic mass is 32.2. The van der Waals surface area contributed by atoms with E-state index in [1.165, 1.54) is 4.31 Å². The predicted octanol–water partition coefficient (Wildman–Crippen LogP) is 1.71. The summed E-state index contributed by atoms with van der Waals surface area (Å²) in [5, 5.41) is 3.75. The number of hydrogen-bond acceptors (Lipinski definition) is 6. The summed E-state index contributed by atoms with van der Waals surface area (Å²) in [6, 6.07) is 3.68. The average molecular weight is 392 g/mol. The Balaban J connectivity index is 1.73. The molecule has 27 heavy (non-hydrogen) atoms. The Morgan fingerprint density at radius 2 is 2.00 bits per heavy atom. The summed E-state index contributed by atoms with van der Waals surface area (Å²) in [5.41, 5.74) is 1.21. The first-order chi connectivity index (χ1) is 12.8. The number of carbonyl (C=O) groups excluding carboxylic acids is 1. The number of rotatable bonds is 4. The van der Waals surface area contributed by atoms with Crippen molar-refractivity contribution in [2.75, 3.05) is 26.2 Å². The van der Waals surface area contributed by atoms with Gasteiger partial charge in [0, 0.05) is 38.6 Å². The number of nitrogens with zero attached hydrogens (tertiary/aromatic N) is 4. The molecule has 0 saturated carbocycles. The molecule has 2 aromatic rings. The van der Waals surface area contributed by atoms with Crippen LogP contribution in [0.2, 0.25) is 0 Å². The number of aryl methyl sites for hydroxylation is 2. The third-order valence-electron chi connectivity index (χ3n) is 4.89. The van der Waals surface area contributed by atoms with Crippen molar-refractivity contribution in [3.63, 3.8) is 0 Å². The van der Waals surface area contributed by atoms with Crippen molar-refractivity contribution in [3.05, 3.63) is 41.5 Å². The Bertz CT molecular complexity index is 891. The van der Waals surface area contributed by atoms with E-state index in [0.29, 0.717) is 31.7 Å². The zero-order chi connectivity index (χ0) is 19.6. The molecule has 0 aliphatic carbocycles. The fourth-order valence-electron chi connectivity index (χ4n) is 3.38. The SMILES string of the molecule is Cc1noc(C)c1S(=O)(=O)N1CCCN(C(=O)C(C)c2cccnc2)CC1. The van der Waals surface area contributed by atoms with Gasteiger partial charge in [-0.05, 0) is 38.8 Å². The zero-order valence-electron chi connectivity index (χ0n) is 15.8. The van der Waals surface area contributed by atoms with Crippen LogP contribution in [0.25, 0.3) is 0 Å². The fourth-order valence-corrected chi connectivity index (χ4v) is 5.14. The van der Waals surface area contributed by atoms with E-state index in [-0.39, 0.29) is 29.0 Å². The van der Waals surface area contributed by atoms with E-state index in [1.807, 2.05) is 13.0 Å². The number of amides is 1. The first-order valence-electron chi connectivity index (χ1n) is 8.94. The zero-order valence-corrected chi connectivity index (χ0v) is 16.6. The molecule has 9 heteroatoms. The van der Waals surface area contributed by atoms with E-state index in [9.17, 15) is 13.2 Å². The molecular weight excluding hydrogens is 368 g/mol. The van der Waals surface area contributed by atoms with Gasteiger partial charge in [0.2, 0.25) is 15.9 Å². The van der Waals surface area contributed by atoms with Gasteiger partial charge in [-0.3, -0.25) is 9.78 Å². The molecule has 1 aliphatic rings. The van der Waals surface area contributed by atoms with E-state index in [2.05, 4.69) is 10.1 Å². The summed E-state index contributed by atoms with van der Waals surface area (Å²) in [4.78, 5) is 18.8. The van der Waals surface area contributed by atoms with Crippen LogP contribution in [-0.2, 0) is 14.8 Å². The minimum absolute atomic E-state index is 0.0143. The van der Waals surface area contributed by atoms with Gasteiger partial charge in [-0.15, -0.1) is 0 Å². The minimum atomic E-state index is -3.70. The van der Waals surface area contributed by atoms with Gasteiger partial charge < -0.3 is 9.42 Å². The molecule has 1 fully saturated rings. The van der Waals surface area contributed by atoms with Gasteiger partial charge >= 0.3 is 0 Å². The van der Waals surface area contributed by atoms with Gasteiger partial charge in [0.25, 0.3) is 0 Å². The van der Waals surface area contributed by atoms with E-state index in [1.54, 1.807) is 37.2 Å². The maximum atomic E-state index is 13.0. The molecule has 3 rings (SSSR count). The van der Waals surface area contributed by atoms with E-state index >= 15 is 0 Å². The molecule has 0 radical (unpaired) electrons. The smallest absolute Gasteiger partial charge is 0.248 e. The lowest BCUT2D eigenvalue weighted by Gasteiger charge is -2.24. The molecule has 0 N–H and O–H groups in total. The summed E-state index contributed by atoms with van der Waals surface area (Å²) in [6.07, 6.45) is 3.94. The topological polar surface area (TPSA) is 96.6 Å². The van der Waals surface area contributed by atoms with Gasteiger partial charge in [0.05, 0.1) is 5.92 Å². The molecule has 1 amide bonds. The molecule has 1 saturated heterocycles. The number of carbonyl (C=O) groups is 1. The Hall–Kier alpha value is -2.26. The summed E-state index contributed by atoms with van der Waals surface area (Å²) in [6.45, 7) is 6.55. The van der Waals surface area contributed by atoms with Gasteiger partial charge in [-0.25, -0.2) is 8.42 Å². The lowest BCUT2D eigenvalue weighted by Crippen LogP contribution is -2.39. The molecule has 3 heterocycles. The molecule has 0 spiro atoms. The maximum Gasteiger partial charge on any atom is 0.248 e. The first-order valence-corrected chi connectivity index (χ1v) is 10.4. The highest BCUT2D eigenvalue weighted by molar-refractivity contribution is 7.89. The van der Waals surface area contributed by atoms with E-state index in [4.69, 9.17) is 4.52 Å².